The van der Waals surface area contributed by atoms with Crippen molar-refractivity contribution in [3.63, 3.8) is 0 Å². The molecule has 5 nitrogen and oxygen atoms in total. The molecule has 3 aromatic rings. The zero-order valence-corrected chi connectivity index (χ0v) is 14.6. The third-order valence-electron chi connectivity index (χ3n) is 4.30. The van der Waals surface area contributed by atoms with Gasteiger partial charge in [-0.05, 0) is 49.4 Å². The number of carbonyl (C=O) groups is 1. The van der Waals surface area contributed by atoms with Crippen molar-refractivity contribution in [2.24, 2.45) is 5.10 Å². The molecule has 0 radical (unpaired) electrons. The molecule has 1 N–H and O–H groups in total. The van der Waals surface area contributed by atoms with Crippen LogP contribution in [0, 0.1) is 0 Å². The Bertz CT molecular complexity index is 924. The lowest BCUT2D eigenvalue weighted by Gasteiger charge is -1.98. The molecule has 2 heterocycles. The molecule has 0 atom stereocenters. The van der Waals surface area contributed by atoms with Gasteiger partial charge >= 0.3 is 0 Å². The first-order valence-corrected chi connectivity index (χ1v) is 9.28. The quantitative estimate of drug-likeness (QED) is 0.445. The first-order chi connectivity index (χ1) is 12.3. The summed E-state index contributed by atoms with van der Waals surface area (Å²) in [5, 5.41) is 4.03. The average Bonchev–Trinajstić information content (AvgIpc) is 2.92. The van der Waals surface area contributed by atoms with Crippen molar-refractivity contribution in [2.75, 3.05) is 0 Å². The largest absolute Gasteiger partial charge is 0.281 e. The Morgan fingerprint density at radius 2 is 2.00 bits per heavy atom. The monoisotopic (exact) mass is 350 g/mol. The number of fused-ring (bicyclic) bond motifs is 2. The minimum atomic E-state index is -0.164. The van der Waals surface area contributed by atoms with Crippen LogP contribution in [0.15, 0.2) is 41.6 Å². The van der Waals surface area contributed by atoms with Crippen LogP contribution in [0.2, 0.25) is 0 Å². The van der Waals surface area contributed by atoms with Crippen LogP contribution in [0.3, 0.4) is 0 Å². The van der Waals surface area contributed by atoms with E-state index in [1.54, 1.807) is 17.5 Å². The number of aromatic nitrogens is 2. The van der Waals surface area contributed by atoms with Crippen LogP contribution in [-0.2, 0) is 12.8 Å². The number of hydrogen-bond donors (Lipinski definition) is 1. The molecular formula is C19H18N4OS. The molecule has 0 unspecified atom stereocenters. The molecule has 1 aromatic carbocycles. The number of amides is 1. The fraction of sp³-hybridized carbons (Fsp3) is 0.263. The smallest absolute Gasteiger partial charge is 0.266 e. The van der Waals surface area contributed by atoms with Gasteiger partial charge in [0.25, 0.3) is 5.91 Å². The molecule has 0 saturated heterocycles. The summed E-state index contributed by atoms with van der Waals surface area (Å²) in [6, 6.07) is 9.67. The summed E-state index contributed by atoms with van der Waals surface area (Å²) in [6.07, 6.45) is 9.04. The van der Waals surface area contributed by atoms with Crippen LogP contribution >= 0.6 is 11.3 Å². The maximum Gasteiger partial charge on any atom is 0.281 e. The van der Waals surface area contributed by atoms with E-state index in [4.69, 9.17) is 0 Å². The Balaban J connectivity index is 1.44. The zero-order chi connectivity index (χ0) is 17.1. The van der Waals surface area contributed by atoms with E-state index in [0.717, 1.165) is 28.8 Å². The highest BCUT2D eigenvalue weighted by Crippen LogP contribution is 2.28. The molecule has 4 rings (SSSR count). The van der Waals surface area contributed by atoms with Gasteiger partial charge in [-0.1, -0.05) is 18.6 Å². The molecule has 126 valence electrons. The highest BCUT2D eigenvalue weighted by molar-refractivity contribution is 7.14. The van der Waals surface area contributed by atoms with Gasteiger partial charge in [-0.3, -0.25) is 9.78 Å². The molecule has 0 aliphatic heterocycles. The average molecular weight is 350 g/mol. The van der Waals surface area contributed by atoms with Gasteiger partial charge in [0, 0.05) is 4.88 Å². The SMILES string of the molecule is O=C(N/N=C\c1cnc2ccccc2n1)c1cc2c(s1)CCCCC2. The second kappa shape index (κ2) is 7.11. The summed E-state index contributed by atoms with van der Waals surface area (Å²) in [5.74, 6) is -0.164. The van der Waals surface area contributed by atoms with Crippen LogP contribution in [0.1, 0.15) is 45.1 Å². The topological polar surface area (TPSA) is 67.2 Å². The van der Waals surface area contributed by atoms with E-state index in [-0.39, 0.29) is 5.91 Å². The number of thiophene rings is 1. The summed E-state index contributed by atoms with van der Waals surface area (Å²) < 4.78 is 0. The van der Waals surface area contributed by atoms with Crippen LogP contribution in [0.5, 0.6) is 0 Å². The lowest BCUT2D eigenvalue weighted by molar-refractivity contribution is 0.0959. The van der Waals surface area contributed by atoms with Crippen molar-refractivity contribution in [1.82, 2.24) is 15.4 Å². The highest BCUT2D eigenvalue weighted by Gasteiger charge is 2.16. The second-order valence-corrected chi connectivity index (χ2v) is 7.24. The van der Waals surface area contributed by atoms with Crippen LogP contribution in [0.25, 0.3) is 11.0 Å². The van der Waals surface area contributed by atoms with Gasteiger partial charge in [-0.15, -0.1) is 11.3 Å². The Morgan fingerprint density at radius 3 is 2.92 bits per heavy atom. The molecule has 0 saturated carbocycles. The van der Waals surface area contributed by atoms with E-state index in [1.165, 1.54) is 35.9 Å². The van der Waals surface area contributed by atoms with Crippen LogP contribution in [0.4, 0.5) is 0 Å². The number of rotatable bonds is 3. The lowest BCUT2D eigenvalue weighted by atomic mass is 10.1. The fourth-order valence-corrected chi connectivity index (χ4v) is 4.17. The van der Waals surface area contributed by atoms with Crippen molar-refractivity contribution < 1.29 is 4.79 Å². The Morgan fingerprint density at radius 1 is 1.16 bits per heavy atom. The summed E-state index contributed by atoms with van der Waals surface area (Å²) in [6.45, 7) is 0. The van der Waals surface area contributed by atoms with Gasteiger partial charge < -0.3 is 0 Å². The molecule has 0 fully saturated rings. The van der Waals surface area contributed by atoms with Gasteiger partial charge in [0.05, 0.1) is 28.3 Å². The molecule has 2 aromatic heterocycles. The number of nitrogens with one attached hydrogen (secondary N) is 1. The predicted octanol–water partition coefficient (Wildman–Crippen LogP) is 3.72. The number of para-hydroxylation sites is 2. The minimum Gasteiger partial charge on any atom is -0.266 e. The number of benzene rings is 1. The summed E-state index contributed by atoms with van der Waals surface area (Å²) >= 11 is 1.59. The lowest BCUT2D eigenvalue weighted by Crippen LogP contribution is -2.16. The van der Waals surface area contributed by atoms with Gasteiger partial charge in [0.1, 0.15) is 5.69 Å². The van der Waals surface area contributed by atoms with Crippen molar-refractivity contribution in [3.8, 4) is 0 Å². The number of aryl methyl sites for hydroxylation is 2. The summed E-state index contributed by atoms with van der Waals surface area (Å²) in [5.41, 5.74) is 6.18. The van der Waals surface area contributed by atoms with Gasteiger partial charge in [-0.25, -0.2) is 10.4 Å². The van der Waals surface area contributed by atoms with E-state index in [9.17, 15) is 4.79 Å². The van der Waals surface area contributed by atoms with E-state index in [0.29, 0.717) is 5.69 Å². The Labute approximate surface area is 149 Å². The first kappa shape index (κ1) is 15.9. The standard InChI is InChI=1S/C19H18N4OS/c24-19(18-10-13-6-2-1-3-9-17(13)25-18)23-21-12-14-11-20-15-7-4-5-8-16(15)22-14/h4-5,7-8,10-12H,1-3,6,9H2,(H,23,24)/b21-12-. The minimum absolute atomic E-state index is 0.164. The number of hydrazone groups is 1. The molecule has 25 heavy (non-hydrogen) atoms. The molecule has 0 bridgehead atoms. The first-order valence-electron chi connectivity index (χ1n) is 8.46. The van der Waals surface area contributed by atoms with E-state index < -0.39 is 0 Å². The summed E-state index contributed by atoms with van der Waals surface area (Å²) in [7, 11) is 0. The molecule has 0 spiro atoms. The van der Waals surface area contributed by atoms with Gasteiger partial charge in [-0.2, -0.15) is 5.10 Å². The number of hydrogen-bond acceptors (Lipinski definition) is 5. The predicted molar refractivity (Wildman–Crippen MR) is 100 cm³/mol. The molecule has 1 amide bonds. The Kier molecular flexibility index (Phi) is 4.52. The van der Waals surface area contributed by atoms with Crippen molar-refractivity contribution in [3.05, 3.63) is 57.5 Å². The number of nitrogens with zero attached hydrogens (tertiary/aromatic N) is 3. The van der Waals surface area contributed by atoms with Crippen molar-refractivity contribution >= 4 is 34.5 Å². The molecule has 6 heteroatoms. The van der Waals surface area contributed by atoms with Crippen LogP contribution in [-0.4, -0.2) is 22.1 Å². The third kappa shape index (κ3) is 3.58. The fourth-order valence-electron chi connectivity index (χ4n) is 3.03. The second-order valence-electron chi connectivity index (χ2n) is 6.10. The number of carbonyl (C=O) groups excluding carboxylic acids is 1. The highest BCUT2D eigenvalue weighted by atomic mass is 32.1. The summed E-state index contributed by atoms with van der Waals surface area (Å²) in [4.78, 5) is 23.2. The maximum absolute atomic E-state index is 12.3. The van der Waals surface area contributed by atoms with Gasteiger partial charge in [0.15, 0.2) is 0 Å². The molecular weight excluding hydrogens is 332 g/mol. The van der Waals surface area contributed by atoms with Crippen LogP contribution < -0.4 is 5.43 Å². The van der Waals surface area contributed by atoms with E-state index >= 15 is 0 Å². The zero-order valence-electron chi connectivity index (χ0n) is 13.7. The van der Waals surface area contributed by atoms with Crippen molar-refractivity contribution in [1.29, 1.82) is 0 Å². The maximum atomic E-state index is 12.3. The van der Waals surface area contributed by atoms with Crippen molar-refractivity contribution in [2.45, 2.75) is 32.1 Å². The van der Waals surface area contributed by atoms with E-state index in [2.05, 4.69) is 20.5 Å². The molecule has 1 aliphatic rings. The normalized spacial score (nSPS) is 14.4. The van der Waals surface area contributed by atoms with E-state index in [1.807, 2.05) is 30.3 Å². The molecule has 1 aliphatic carbocycles. The third-order valence-corrected chi connectivity index (χ3v) is 5.54. The Hall–Kier alpha value is -2.60. The van der Waals surface area contributed by atoms with Gasteiger partial charge in [0.2, 0.25) is 0 Å².